The van der Waals surface area contributed by atoms with Crippen LogP contribution in [0.2, 0.25) is 0 Å². The number of carbonyl (C=O) groups excluding carboxylic acids is 3. The van der Waals surface area contributed by atoms with E-state index in [1.165, 1.54) is 6.07 Å². The SMILES string of the molecule is O=C(CN1CCCC(C(=O)Nc2ccccc2)C1)NCC(=O)Nc1ccc(F)c(F)c1. The summed E-state index contributed by atoms with van der Waals surface area (Å²) >= 11 is 0. The Labute approximate surface area is 178 Å². The lowest BCUT2D eigenvalue weighted by atomic mass is 9.97. The highest BCUT2D eigenvalue weighted by molar-refractivity contribution is 5.95. The molecular formula is C22H24F2N4O3. The fourth-order valence-corrected chi connectivity index (χ4v) is 3.40. The molecule has 0 spiro atoms. The molecule has 164 valence electrons. The van der Waals surface area contributed by atoms with Crippen LogP contribution in [0.15, 0.2) is 48.5 Å². The molecule has 1 atom stereocenters. The minimum absolute atomic E-state index is 0.0631. The molecule has 1 aliphatic heterocycles. The Balaban J connectivity index is 1.41. The molecule has 3 amide bonds. The van der Waals surface area contributed by atoms with E-state index >= 15 is 0 Å². The molecule has 1 heterocycles. The van der Waals surface area contributed by atoms with E-state index in [1.807, 2.05) is 35.2 Å². The van der Waals surface area contributed by atoms with Crippen LogP contribution in [-0.2, 0) is 14.4 Å². The largest absolute Gasteiger partial charge is 0.346 e. The van der Waals surface area contributed by atoms with Gasteiger partial charge in [-0.3, -0.25) is 19.3 Å². The van der Waals surface area contributed by atoms with Gasteiger partial charge in [-0.2, -0.15) is 0 Å². The van der Waals surface area contributed by atoms with Gasteiger partial charge in [0.1, 0.15) is 0 Å². The Hall–Kier alpha value is -3.33. The lowest BCUT2D eigenvalue weighted by Gasteiger charge is -2.31. The Kier molecular flexibility index (Phi) is 7.66. The van der Waals surface area contributed by atoms with Crippen molar-refractivity contribution >= 4 is 29.1 Å². The van der Waals surface area contributed by atoms with Crippen LogP contribution in [0.4, 0.5) is 20.2 Å². The van der Waals surface area contributed by atoms with Crippen LogP contribution in [-0.4, -0.2) is 48.8 Å². The number of likely N-dealkylation sites (tertiary alicyclic amines) is 1. The summed E-state index contributed by atoms with van der Waals surface area (Å²) in [6.45, 7) is 0.897. The summed E-state index contributed by atoms with van der Waals surface area (Å²) in [5.41, 5.74) is 0.830. The zero-order valence-electron chi connectivity index (χ0n) is 16.9. The van der Waals surface area contributed by atoms with Crippen molar-refractivity contribution in [2.75, 3.05) is 36.8 Å². The Morgan fingerprint density at radius 1 is 0.935 bits per heavy atom. The molecule has 2 aromatic rings. The zero-order chi connectivity index (χ0) is 22.2. The highest BCUT2D eigenvalue weighted by Gasteiger charge is 2.27. The number of halogens is 2. The van der Waals surface area contributed by atoms with Gasteiger partial charge in [0.25, 0.3) is 0 Å². The predicted octanol–water partition coefficient (Wildman–Crippen LogP) is 2.37. The van der Waals surface area contributed by atoms with Crippen molar-refractivity contribution in [1.82, 2.24) is 10.2 Å². The van der Waals surface area contributed by atoms with Crippen LogP contribution in [0.3, 0.4) is 0 Å². The maximum absolute atomic E-state index is 13.2. The molecule has 7 nitrogen and oxygen atoms in total. The molecule has 3 N–H and O–H groups in total. The number of rotatable bonds is 7. The van der Waals surface area contributed by atoms with Crippen molar-refractivity contribution < 1.29 is 23.2 Å². The molecule has 3 rings (SSSR count). The molecule has 0 bridgehead atoms. The number of carbonyl (C=O) groups is 3. The Morgan fingerprint density at radius 2 is 1.71 bits per heavy atom. The number of benzene rings is 2. The van der Waals surface area contributed by atoms with Crippen LogP contribution >= 0.6 is 0 Å². The summed E-state index contributed by atoms with van der Waals surface area (Å²) < 4.78 is 26.1. The number of nitrogens with zero attached hydrogens (tertiary/aromatic N) is 1. The molecule has 0 aromatic heterocycles. The van der Waals surface area contributed by atoms with Gasteiger partial charge in [0, 0.05) is 24.0 Å². The molecule has 31 heavy (non-hydrogen) atoms. The van der Waals surface area contributed by atoms with Crippen molar-refractivity contribution in [3.8, 4) is 0 Å². The third-order valence-corrected chi connectivity index (χ3v) is 4.93. The van der Waals surface area contributed by atoms with Gasteiger partial charge in [0.15, 0.2) is 11.6 Å². The molecule has 0 aliphatic carbocycles. The van der Waals surface area contributed by atoms with Crippen LogP contribution in [0, 0.1) is 17.6 Å². The van der Waals surface area contributed by atoms with Gasteiger partial charge in [0.05, 0.1) is 19.0 Å². The normalized spacial score (nSPS) is 16.4. The van der Waals surface area contributed by atoms with Crippen molar-refractivity contribution in [2.24, 2.45) is 5.92 Å². The molecule has 1 saturated heterocycles. The summed E-state index contributed by atoms with van der Waals surface area (Å²) in [5, 5.41) is 7.77. The van der Waals surface area contributed by atoms with E-state index in [0.717, 1.165) is 30.7 Å². The first kappa shape index (κ1) is 22.4. The van der Waals surface area contributed by atoms with Gasteiger partial charge in [-0.1, -0.05) is 18.2 Å². The fourth-order valence-electron chi connectivity index (χ4n) is 3.40. The lowest BCUT2D eigenvalue weighted by Crippen LogP contribution is -2.46. The van der Waals surface area contributed by atoms with E-state index in [4.69, 9.17) is 0 Å². The van der Waals surface area contributed by atoms with Crippen molar-refractivity contribution in [1.29, 1.82) is 0 Å². The van der Waals surface area contributed by atoms with E-state index in [0.29, 0.717) is 13.1 Å². The Bertz CT molecular complexity index is 940. The first-order valence-corrected chi connectivity index (χ1v) is 10.0. The number of hydrogen-bond donors (Lipinski definition) is 3. The molecule has 1 unspecified atom stereocenters. The molecule has 0 radical (unpaired) electrons. The molecule has 1 aliphatic rings. The lowest BCUT2D eigenvalue weighted by molar-refractivity contribution is -0.127. The van der Waals surface area contributed by atoms with Gasteiger partial charge in [0.2, 0.25) is 17.7 Å². The van der Waals surface area contributed by atoms with Gasteiger partial charge >= 0.3 is 0 Å². The molecule has 9 heteroatoms. The quantitative estimate of drug-likeness (QED) is 0.629. The van der Waals surface area contributed by atoms with Crippen molar-refractivity contribution in [3.63, 3.8) is 0 Å². The second-order valence-corrected chi connectivity index (χ2v) is 7.38. The summed E-state index contributed by atoms with van der Waals surface area (Å²) in [6.07, 6.45) is 1.53. The first-order valence-electron chi connectivity index (χ1n) is 10.0. The van der Waals surface area contributed by atoms with Crippen LogP contribution in [0.25, 0.3) is 0 Å². The maximum atomic E-state index is 13.2. The number of hydrogen-bond acceptors (Lipinski definition) is 4. The van der Waals surface area contributed by atoms with Crippen LogP contribution in [0.1, 0.15) is 12.8 Å². The second kappa shape index (κ2) is 10.6. The predicted molar refractivity (Wildman–Crippen MR) is 112 cm³/mol. The fraction of sp³-hybridized carbons (Fsp3) is 0.318. The average molecular weight is 430 g/mol. The molecule has 2 aromatic carbocycles. The van der Waals surface area contributed by atoms with Gasteiger partial charge in [-0.25, -0.2) is 8.78 Å². The zero-order valence-corrected chi connectivity index (χ0v) is 16.9. The van der Waals surface area contributed by atoms with E-state index in [2.05, 4.69) is 16.0 Å². The molecular weight excluding hydrogens is 406 g/mol. The minimum Gasteiger partial charge on any atom is -0.346 e. The number of nitrogens with one attached hydrogen (secondary N) is 3. The third kappa shape index (κ3) is 6.85. The van der Waals surface area contributed by atoms with Crippen molar-refractivity contribution in [2.45, 2.75) is 12.8 Å². The summed E-state index contributed by atoms with van der Waals surface area (Å²) in [7, 11) is 0. The third-order valence-electron chi connectivity index (χ3n) is 4.93. The number of anilines is 2. The number of para-hydroxylation sites is 1. The van der Waals surface area contributed by atoms with Crippen LogP contribution < -0.4 is 16.0 Å². The van der Waals surface area contributed by atoms with E-state index in [1.54, 1.807) is 0 Å². The Morgan fingerprint density at radius 3 is 2.45 bits per heavy atom. The van der Waals surface area contributed by atoms with Crippen molar-refractivity contribution in [3.05, 3.63) is 60.2 Å². The number of piperidine rings is 1. The van der Waals surface area contributed by atoms with E-state index in [-0.39, 0.29) is 36.5 Å². The average Bonchev–Trinajstić information content (AvgIpc) is 2.76. The highest BCUT2D eigenvalue weighted by atomic mass is 19.2. The van der Waals surface area contributed by atoms with E-state index in [9.17, 15) is 23.2 Å². The smallest absolute Gasteiger partial charge is 0.243 e. The second-order valence-electron chi connectivity index (χ2n) is 7.38. The van der Waals surface area contributed by atoms with Crippen LogP contribution in [0.5, 0.6) is 0 Å². The first-order chi connectivity index (χ1) is 14.9. The summed E-state index contributed by atoms with van der Waals surface area (Å²) in [6, 6.07) is 12.2. The topological polar surface area (TPSA) is 90.5 Å². The highest BCUT2D eigenvalue weighted by Crippen LogP contribution is 2.18. The minimum atomic E-state index is -1.07. The maximum Gasteiger partial charge on any atom is 0.243 e. The van der Waals surface area contributed by atoms with Gasteiger partial charge in [-0.15, -0.1) is 0 Å². The standard InChI is InChI=1S/C22H24F2N4O3/c23-18-9-8-17(11-19(18)24)26-20(29)12-25-21(30)14-28-10-4-5-15(13-28)22(31)27-16-6-2-1-3-7-16/h1-3,6-9,11,15H,4-5,10,12-14H2,(H,25,30)(H,26,29)(H,27,31). The summed E-state index contributed by atoms with van der Waals surface area (Å²) in [4.78, 5) is 38.5. The number of amides is 3. The van der Waals surface area contributed by atoms with E-state index < -0.39 is 17.5 Å². The summed E-state index contributed by atoms with van der Waals surface area (Å²) in [5.74, 6) is -3.30. The monoisotopic (exact) mass is 430 g/mol. The molecule has 0 saturated carbocycles. The van der Waals surface area contributed by atoms with Gasteiger partial charge in [-0.05, 0) is 43.7 Å². The molecule has 1 fully saturated rings. The van der Waals surface area contributed by atoms with Gasteiger partial charge < -0.3 is 16.0 Å².